The van der Waals surface area contributed by atoms with Crippen LogP contribution in [0.1, 0.15) is 59.8 Å². The summed E-state index contributed by atoms with van der Waals surface area (Å²) in [4.78, 5) is 35.5. The molecule has 0 heterocycles. The average Bonchev–Trinajstić information content (AvgIpc) is 2.67. The van der Waals surface area contributed by atoms with Crippen molar-refractivity contribution in [2.24, 2.45) is 11.8 Å². The highest BCUT2D eigenvalue weighted by Gasteiger charge is 2.27. The van der Waals surface area contributed by atoms with Gasteiger partial charge in [0.25, 0.3) is 0 Å². The first-order valence-corrected chi connectivity index (χ1v) is 10.1. The maximum absolute atomic E-state index is 12.1. The van der Waals surface area contributed by atoms with E-state index in [4.69, 9.17) is 9.47 Å². The molecule has 7 heteroatoms. The predicted octanol–water partition coefficient (Wildman–Crippen LogP) is 2.08. The van der Waals surface area contributed by atoms with Crippen molar-refractivity contribution >= 4 is 17.6 Å². The van der Waals surface area contributed by atoms with Crippen LogP contribution in [-0.4, -0.2) is 57.1 Å². The molecule has 158 valence electrons. The molecule has 0 atom stereocenters. The lowest BCUT2D eigenvalue weighted by Gasteiger charge is -2.28. The molecule has 0 aromatic carbocycles. The Morgan fingerprint density at radius 1 is 1.00 bits per heavy atom. The summed E-state index contributed by atoms with van der Waals surface area (Å²) in [6.07, 6.45) is 3.37. The van der Waals surface area contributed by atoms with E-state index in [2.05, 4.69) is 10.6 Å². The van der Waals surface area contributed by atoms with Gasteiger partial charge in [-0.1, -0.05) is 27.7 Å². The molecule has 0 radical (unpaired) electrons. The van der Waals surface area contributed by atoms with E-state index in [0.29, 0.717) is 26.2 Å². The summed E-state index contributed by atoms with van der Waals surface area (Å²) in [6, 6.07) is 0.118. The van der Waals surface area contributed by atoms with Crippen LogP contribution in [0.2, 0.25) is 0 Å². The molecule has 1 fully saturated rings. The largest absolute Gasteiger partial charge is 0.382 e. The van der Waals surface area contributed by atoms with Crippen LogP contribution in [0.4, 0.5) is 0 Å². The zero-order chi connectivity index (χ0) is 20.7. The van der Waals surface area contributed by atoms with Crippen LogP contribution >= 0.6 is 0 Å². The minimum absolute atomic E-state index is 0.0205. The molecule has 7 nitrogen and oxygen atoms in total. The van der Waals surface area contributed by atoms with Gasteiger partial charge in [-0.25, -0.2) is 0 Å². The quantitative estimate of drug-likeness (QED) is 0.530. The van der Waals surface area contributed by atoms with E-state index in [-0.39, 0.29) is 42.0 Å². The second-order valence-corrected chi connectivity index (χ2v) is 6.81. The van der Waals surface area contributed by atoms with E-state index >= 15 is 0 Å². The Morgan fingerprint density at radius 2 is 1.63 bits per heavy atom. The molecule has 0 spiro atoms. The van der Waals surface area contributed by atoms with Crippen molar-refractivity contribution in [2.45, 2.75) is 65.8 Å². The molecule has 0 aliphatic heterocycles. The molecule has 1 aliphatic rings. The molecular weight excluding hydrogens is 348 g/mol. The van der Waals surface area contributed by atoms with Crippen LogP contribution in [-0.2, 0) is 23.9 Å². The summed E-state index contributed by atoms with van der Waals surface area (Å²) in [5.41, 5.74) is 0. The smallest absolute Gasteiger partial charge is 0.223 e. The zero-order valence-corrected chi connectivity index (χ0v) is 17.6. The van der Waals surface area contributed by atoms with Gasteiger partial charge in [-0.2, -0.15) is 0 Å². The summed E-state index contributed by atoms with van der Waals surface area (Å²) < 4.78 is 10.1. The highest BCUT2D eigenvalue weighted by atomic mass is 16.5. The van der Waals surface area contributed by atoms with Crippen molar-refractivity contribution in [3.05, 3.63) is 0 Å². The summed E-state index contributed by atoms with van der Waals surface area (Å²) >= 11 is 0. The van der Waals surface area contributed by atoms with Crippen molar-refractivity contribution in [2.75, 3.05) is 33.5 Å². The number of ketones is 1. The van der Waals surface area contributed by atoms with Gasteiger partial charge >= 0.3 is 0 Å². The number of hydrogen-bond acceptors (Lipinski definition) is 5. The lowest BCUT2D eigenvalue weighted by Crippen LogP contribution is -2.42. The fraction of sp³-hybridized carbons (Fsp3) is 0.850. The lowest BCUT2D eigenvalue weighted by atomic mass is 9.85. The molecule has 1 saturated carbocycles. The normalized spacial score (nSPS) is 19.0. The Balaban J connectivity index is 0.00000326. The van der Waals surface area contributed by atoms with E-state index in [1.165, 1.54) is 0 Å². The molecule has 0 saturated heterocycles. The molecule has 1 aliphatic carbocycles. The maximum Gasteiger partial charge on any atom is 0.223 e. The highest BCUT2D eigenvalue weighted by Crippen LogP contribution is 2.24. The summed E-state index contributed by atoms with van der Waals surface area (Å²) in [5, 5.41) is 5.73. The Labute approximate surface area is 163 Å². The summed E-state index contributed by atoms with van der Waals surface area (Å²) in [5.74, 6) is -0.157. The Morgan fingerprint density at radius 3 is 2.19 bits per heavy atom. The third kappa shape index (κ3) is 11.8. The first-order valence-electron chi connectivity index (χ1n) is 10.1. The standard InChI is InChI=1S/C18H32N2O5.C2H6/c1-13(2)16(21)12-19-18(23)14-4-6-15(7-5-14)20-17(22)8-9-25-11-10-24-3;1-2/h13-15H,4-12H2,1-3H3,(H,19,23)(H,20,22);1-2H3. The monoisotopic (exact) mass is 386 g/mol. The van der Waals surface area contributed by atoms with Gasteiger partial charge in [0.15, 0.2) is 5.78 Å². The highest BCUT2D eigenvalue weighted by molar-refractivity contribution is 5.88. The van der Waals surface area contributed by atoms with E-state index < -0.39 is 0 Å². The molecule has 0 aromatic rings. The molecular formula is C20H38N2O5. The van der Waals surface area contributed by atoms with Gasteiger partial charge in [0.2, 0.25) is 11.8 Å². The van der Waals surface area contributed by atoms with Gasteiger partial charge in [-0.15, -0.1) is 0 Å². The fourth-order valence-electron chi connectivity index (χ4n) is 2.73. The van der Waals surface area contributed by atoms with Crippen LogP contribution in [0.15, 0.2) is 0 Å². The van der Waals surface area contributed by atoms with Crippen LogP contribution in [0.5, 0.6) is 0 Å². The van der Waals surface area contributed by atoms with Crippen molar-refractivity contribution in [3.8, 4) is 0 Å². The fourth-order valence-corrected chi connectivity index (χ4v) is 2.73. The Hall–Kier alpha value is -1.47. The van der Waals surface area contributed by atoms with Crippen LogP contribution in [0.3, 0.4) is 0 Å². The van der Waals surface area contributed by atoms with Gasteiger partial charge in [-0.3, -0.25) is 14.4 Å². The Bertz CT molecular complexity index is 432. The predicted molar refractivity (Wildman–Crippen MR) is 105 cm³/mol. The molecule has 0 unspecified atom stereocenters. The lowest BCUT2D eigenvalue weighted by molar-refractivity contribution is -0.129. The minimum atomic E-state index is -0.0651. The third-order valence-corrected chi connectivity index (χ3v) is 4.45. The van der Waals surface area contributed by atoms with Gasteiger partial charge < -0.3 is 20.1 Å². The number of carbonyl (C=O) groups excluding carboxylic acids is 3. The Kier molecular flexibility index (Phi) is 14.7. The van der Waals surface area contributed by atoms with Crippen LogP contribution in [0, 0.1) is 11.8 Å². The summed E-state index contributed by atoms with van der Waals surface area (Å²) in [6.45, 7) is 9.16. The maximum atomic E-state index is 12.1. The number of rotatable bonds is 11. The molecule has 1 rings (SSSR count). The second-order valence-electron chi connectivity index (χ2n) is 6.81. The number of hydrogen-bond donors (Lipinski definition) is 2. The van der Waals surface area contributed by atoms with Crippen LogP contribution < -0.4 is 10.6 Å². The first kappa shape index (κ1) is 25.5. The van der Waals surface area contributed by atoms with Gasteiger partial charge in [-0.05, 0) is 25.7 Å². The first-order chi connectivity index (χ1) is 12.9. The number of ether oxygens (including phenoxy) is 2. The van der Waals surface area contributed by atoms with E-state index in [0.717, 1.165) is 25.7 Å². The van der Waals surface area contributed by atoms with Gasteiger partial charge in [0, 0.05) is 31.4 Å². The number of nitrogens with one attached hydrogen (secondary N) is 2. The van der Waals surface area contributed by atoms with E-state index in [1.54, 1.807) is 7.11 Å². The SMILES string of the molecule is CC.COCCOCCC(=O)NC1CCC(C(=O)NCC(=O)C(C)C)CC1. The number of amides is 2. The molecule has 27 heavy (non-hydrogen) atoms. The van der Waals surface area contributed by atoms with Crippen molar-refractivity contribution in [1.82, 2.24) is 10.6 Å². The minimum Gasteiger partial charge on any atom is -0.382 e. The van der Waals surface area contributed by atoms with Crippen LogP contribution in [0.25, 0.3) is 0 Å². The average molecular weight is 387 g/mol. The third-order valence-electron chi connectivity index (χ3n) is 4.45. The molecule has 0 bridgehead atoms. The topological polar surface area (TPSA) is 93.7 Å². The summed E-state index contributed by atoms with van der Waals surface area (Å²) in [7, 11) is 1.61. The number of methoxy groups -OCH3 is 1. The number of Topliss-reactive ketones (excluding diaryl/α,β-unsaturated/α-hetero) is 1. The number of carbonyl (C=O) groups is 3. The van der Waals surface area contributed by atoms with Gasteiger partial charge in [0.1, 0.15) is 0 Å². The van der Waals surface area contributed by atoms with Crippen molar-refractivity contribution < 1.29 is 23.9 Å². The molecule has 2 N–H and O–H groups in total. The van der Waals surface area contributed by atoms with Gasteiger partial charge in [0.05, 0.1) is 26.4 Å². The molecule has 0 aromatic heterocycles. The van der Waals surface area contributed by atoms with Crippen molar-refractivity contribution in [3.63, 3.8) is 0 Å². The zero-order valence-electron chi connectivity index (χ0n) is 17.6. The second kappa shape index (κ2) is 15.6. The van der Waals surface area contributed by atoms with E-state index in [1.807, 2.05) is 27.7 Å². The van der Waals surface area contributed by atoms with Crippen molar-refractivity contribution in [1.29, 1.82) is 0 Å². The molecule has 2 amide bonds. The van der Waals surface area contributed by atoms with E-state index in [9.17, 15) is 14.4 Å².